The van der Waals surface area contributed by atoms with E-state index >= 15 is 0 Å². The van der Waals surface area contributed by atoms with Gasteiger partial charge in [0.1, 0.15) is 11.4 Å². The zero-order chi connectivity index (χ0) is 13.8. The van der Waals surface area contributed by atoms with E-state index in [1.165, 1.54) is 0 Å². The Morgan fingerprint density at radius 2 is 2.05 bits per heavy atom. The Labute approximate surface area is 112 Å². The van der Waals surface area contributed by atoms with Gasteiger partial charge in [-0.1, -0.05) is 0 Å². The number of carbonyl (C=O) groups is 1. The number of carboxylic acid groups (broad SMARTS) is 1. The van der Waals surface area contributed by atoms with Crippen LogP contribution in [0.1, 0.15) is 41.7 Å². The predicted octanol–water partition coefficient (Wildman–Crippen LogP) is 2.05. The summed E-state index contributed by atoms with van der Waals surface area (Å²) in [7, 11) is 0. The normalized spacial score (nSPS) is 23.1. The van der Waals surface area contributed by atoms with Crippen molar-refractivity contribution in [3.8, 4) is 0 Å². The minimum atomic E-state index is -0.964. The highest BCUT2D eigenvalue weighted by molar-refractivity contribution is 5.93. The van der Waals surface area contributed by atoms with E-state index in [9.17, 15) is 9.90 Å². The summed E-state index contributed by atoms with van der Waals surface area (Å²) in [5.41, 5.74) is 1.01. The van der Waals surface area contributed by atoms with Gasteiger partial charge in [-0.25, -0.2) is 9.78 Å². The Hall–Kier alpha value is -1.62. The molecule has 0 aromatic carbocycles. The van der Waals surface area contributed by atoms with Gasteiger partial charge in [0, 0.05) is 12.2 Å². The molecule has 1 aliphatic carbocycles. The van der Waals surface area contributed by atoms with Crippen LogP contribution in [0.5, 0.6) is 0 Å². The Kier molecular flexibility index (Phi) is 4.37. The molecule has 19 heavy (non-hydrogen) atoms. The number of aryl methyl sites for hydroxylation is 1. The highest BCUT2D eigenvalue weighted by Crippen LogP contribution is 2.25. The minimum Gasteiger partial charge on any atom is -0.478 e. The summed E-state index contributed by atoms with van der Waals surface area (Å²) in [5.74, 6) is -0.0416. The summed E-state index contributed by atoms with van der Waals surface area (Å²) in [6, 6.07) is 3.28. The van der Waals surface area contributed by atoms with Gasteiger partial charge >= 0.3 is 5.97 Å². The van der Waals surface area contributed by atoms with E-state index < -0.39 is 5.97 Å². The van der Waals surface area contributed by atoms with E-state index in [1.54, 1.807) is 12.1 Å². The van der Waals surface area contributed by atoms with Gasteiger partial charge in [0.25, 0.3) is 0 Å². The summed E-state index contributed by atoms with van der Waals surface area (Å²) in [6.07, 6.45) is 3.45. The first kappa shape index (κ1) is 13.8. The van der Waals surface area contributed by atoms with Crippen LogP contribution in [0.25, 0.3) is 0 Å². The van der Waals surface area contributed by atoms with Crippen molar-refractivity contribution in [3.05, 3.63) is 23.4 Å². The van der Waals surface area contributed by atoms with Crippen molar-refractivity contribution in [2.24, 2.45) is 5.92 Å². The summed E-state index contributed by atoms with van der Waals surface area (Å²) in [6.45, 7) is 2.55. The lowest BCUT2D eigenvalue weighted by molar-refractivity contribution is 0.0697. The Bertz CT molecular complexity index is 454. The second kappa shape index (κ2) is 6.02. The molecular weight excluding hydrogens is 244 g/mol. The fraction of sp³-hybridized carbons (Fsp3) is 0.571. The monoisotopic (exact) mass is 264 g/mol. The van der Waals surface area contributed by atoms with E-state index in [1.807, 2.05) is 6.92 Å². The maximum atomic E-state index is 11.1. The fourth-order valence-corrected chi connectivity index (χ4v) is 2.45. The second-order valence-electron chi connectivity index (χ2n) is 5.21. The second-order valence-corrected chi connectivity index (χ2v) is 5.21. The number of rotatable bonds is 4. The summed E-state index contributed by atoms with van der Waals surface area (Å²) in [4.78, 5) is 15.4. The molecule has 0 spiro atoms. The Balaban J connectivity index is 1.98. The van der Waals surface area contributed by atoms with E-state index in [4.69, 9.17) is 5.11 Å². The quantitative estimate of drug-likeness (QED) is 0.775. The maximum Gasteiger partial charge on any atom is 0.339 e. The minimum absolute atomic E-state index is 0.164. The van der Waals surface area contributed by atoms with E-state index in [2.05, 4.69) is 10.3 Å². The number of aromatic carboxylic acids is 1. The molecule has 1 heterocycles. The third-order valence-electron chi connectivity index (χ3n) is 3.64. The van der Waals surface area contributed by atoms with Crippen LogP contribution < -0.4 is 5.32 Å². The number of carboxylic acids is 1. The van der Waals surface area contributed by atoms with Crippen molar-refractivity contribution in [1.29, 1.82) is 0 Å². The average molecular weight is 264 g/mol. The predicted molar refractivity (Wildman–Crippen MR) is 72.4 cm³/mol. The largest absolute Gasteiger partial charge is 0.478 e. The van der Waals surface area contributed by atoms with Gasteiger partial charge < -0.3 is 15.5 Å². The van der Waals surface area contributed by atoms with Gasteiger partial charge in [-0.15, -0.1) is 0 Å². The van der Waals surface area contributed by atoms with Crippen molar-refractivity contribution in [1.82, 2.24) is 4.98 Å². The molecule has 3 N–H and O–H groups in total. The van der Waals surface area contributed by atoms with Gasteiger partial charge in [0.05, 0.1) is 6.10 Å². The van der Waals surface area contributed by atoms with Crippen LogP contribution in [0.4, 0.5) is 5.82 Å². The number of pyridine rings is 1. The molecule has 0 radical (unpaired) electrons. The first-order valence-corrected chi connectivity index (χ1v) is 6.69. The molecule has 1 aromatic heterocycles. The topological polar surface area (TPSA) is 82.5 Å². The van der Waals surface area contributed by atoms with Crippen LogP contribution in [0.2, 0.25) is 0 Å². The molecule has 104 valence electrons. The van der Waals surface area contributed by atoms with E-state index in [0.29, 0.717) is 18.3 Å². The number of nitrogens with zero attached hydrogens (tertiary/aromatic N) is 1. The molecule has 0 amide bonds. The zero-order valence-electron chi connectivity index (χ0n) is 11.1. The highest BCUT2D eigenvalue weighted by Gasteiger charge is 2.20. The van der Waals surface area contributed by atoms with Crippen LogP contribution >= 0.6 is 0 Å². The number of anilines is 1. The molecule has 1 aliphatic rings. The van der Waals surface area contributed by atoms with Crippen LogP contribution in [-0.4, -0.2) is 33.8 Å². The molecular formula is C14H20N2O3. The van der Waals surface area contributed by atoms with E-state index in [0.717, 1.165) is 31.4 Å². The van der Waals surface area contributed by atoms with Crippen molar-refractivity contribution in [3.63, 3.8) is 0 Å². The van der Waals surface area contributed by atoms with Crippen molar-refractivity contribution in [2.75, 3.05) is 11.9 Å². The van der Waals surface area contributed by atoms with E-state index in [-0.39, 0.29) is 11.7 Å². The maximum absolute atomic E-state index is 11.1. The Morgan fingerprint density at radius 1 is 1.37 bits per heavy atom. The summed E-state index contributed by atoms with van der Waals surface area (Å²) in [5, 5.41) is 21.7. The number of nitrogens with one attached hydrogen (secondary N) is 1. The molecule has 0 unspecified atom stereocenters. The summed E-state index contributed by atoms with van der Waals surface area (Å²) >= 11 is 0. The van der Waals surface area contributed by atoms with Crippen molar-refractivity contribution < 1.29 is 15.0 Å². The molecule has 2 rings (SSSR count). The highest BCUT2D eigenvalue weighted by atomic mass is 16.4. The lowest BCUT2D eigenvalue weighted by Gasteiger charge is -2.25. The molecule has 0 saturated heterocycles. The molecule has 1 saturated carbocycles. The van der Waals surface area contributed by atoms with Crippen molar-refractivity contribution >= 4 is 11.8 Å². The van der Waals surface area contributed by atoms with Gasteiger partial charge in [0.15, 0.2) is 0 Å². The molecule has 1 fully saturated rings. The SMILES string of the molecule is Cc1ccc(C(=O)O)c(NCC2CCC(O)CC2)n1. The average Bonchev–Trinajstić information content (AvgIpc) is 2.38. The first-order valence-electron chi connectivity index (χ1n) is 6.69. The van der Waals surface area contributed by atoms with Crippen LogP contribution in [-0.2, 0) is 0 Å². The number of hydrogen-bond donors (Lipinski definition) is 3. The third-order valence-corrected chi connectivity index (χ3v) is 3.64. The number of aromatic nitrogens is 1. The molecule has 0 bridgehead atoms. The number of aliphatic hydroxyl groups is 1. The van der Waals surface area contributed by atoms with Crippen molar-refractivity contribution in [2.45, 2.75) is 38.7 Å². The number of hydrogen-bond acceptors (Lipinski definition) is 4. The lowest BCUT2D eigenvalue weighted by Crippen LogP contribution is -2.24. The van der Waals surface area contributed by atoms with Gasteiger partial charge in [-0.2, -0.15) is 0 Å². The van der Waals surface area contributed by atoms with Gasteiger partial charge in [-0.3, -0.25) is 0 Å². The summed E-state index contributed by atoms with van der Waals surface area (Å²) < 4.78 is 0. The standard InChI is InChI=1S/C14H20N2O3/c1-9-2-7-12(14(18)19)13(16-9)15-8-10-3-5-11(17)6-4-10/h2,7,10-11,17H,3-6,8H2,1H3,(H,15,16)(H,18,19). The first-order chi connectivity index (χ1) is 9.06. The lowest BCUT2D eigenvalue weighted by atomic mass is 9.87. The van der Waals surface area contributed by atoms with Crippen LogP contribution in [0, 0.1) is 12.8 Å². The van der Waals surface area contributed by atoms with Gasteiger partial charge in [0.2, 0.25) is 0 Å². The molecule has 0 aliphatic heterocycles. The molecule has 5 nitrogen and oxygen atoms in total. The zero-order valence-corrected chi connectivity index (χ0v) is 11.1. The Morgan fingerprint density at radius 3 is 2.68 bits per heavy atom. The van der Waals surface area contributed by atoms with Crippen LogP contribution in [0.3, 0.4) is 0 Å². The fourth-order valence-electron chi connectivity index (χ4n) is 2.45. The molecule has 1 aromatic rings. The number of aliphatic hydroxyl groups excluding tert-OH is 1. The smallest absolute Gasteiger partial charge is 0.339 e. The third kappa shape index (κ3) is 3.67. The van der Waals surface area contributed by atoms with Crippen LogP contribution in [0.15, 0.2) is 12.1 Å². The van der Waals surface area contributed by atoms with Gasteiger partial charge in [-0.05, 0) is 50.7 Å². The molecule has 5 heteroatoms. The molecule has 0 atom stereocenters.